The van der Waals surface area contributed by atoms with Crippen LogP contribution in [0.15, 0.2) is 47.3 Å². The maximum absolute atomic E-state index is 14.7. The second-order valence-electron chi connectivity index (χ2n) is 8.20. The second-order valence-corrected chi connectivity index (χ2v) is 11.8. The molecule has 0 unspecified atom stereocenters. The fourth-order valence-corrected chi connectivity index (χ4v) is 7.30. The summed E-state index contributed by atoms with van der Waals surface area (Å²) in [6.07, 6.45) is 1.75. The van der Waals surface area contributed by atoms with Gasteiger partial charge < -0.3 is 0 Å². The van der Waals surface area contributed by atoms with Gasteiger partial charge >= 0.3 is 170 Å². The number of fused-ring (bicyclic) bond motifs is 1. The molecule has 1 saturated heterocycles. The molecule has 0 aliphatic carbocycles. The van der Waals surface area contributed by atoms with Gasteiger partial charge in [-0.05, 0) is 0 Å². The number of benzene rings is 2. The summed E-state index contributed by atoms with van der Waals surface area (Å²) in [5.41, 5.74) is 1.40. The van der Waals surface area contributed by atoms with Gasteiger partial charge in [-0.3, -0.25) is 0 Å². The molecule has 0 amide bonds. The van der Waals surface area contributed by atoms with Crippen molar-refractivity contribution < 1.29 is 9.28 Å². The molecule has 1 fully saturated rings. The Hall–Kier alpha value is -2.14. The number of aromatic nitrogens is 2. The third kappa shape index (κ3) is 3.97. The first-order chi connectivity index (χ1) is 13.9. The van der Waals surface area contributed by atoms with E-state index in [4.69, 9.17) is 0 Å². The monoisotopic (exact) mass is 415 g/mol. The Labute approximate surface area is 170 Å². The Morgan fingerprint density at radius 3 is 2.55 bits per heavy atom. The van der Waals surface area contributed by atoms with Crippen molar-refractivity contribution >= 4 is 23.6 Å². The van der Waals surface area contributed by atoms with Crippen molar-refractivity contribution in [3.8, 4) is 0 Å². The molecule has 4 rings (SSSR count). The molecular formula is C22H27FN3O2P. The summed E-state index contributed by atoms with van der Waals surface area (Å²) in [7, 11) is -2.85. The Morgan fingerprint density at radius 1 is 1.17 bits per heavy atom. The summed E-state index contributed by atoms with van der Waals surface area (Å²) in [6.45, 7) is 5.90. The summed E-state index contributed by atoms with van der Waals surface area (Å²) in [6, 6.07) is 12.8. The van der Waals surface area contributed by atoms with Crippen LogP contribution in [0.3, 0.4) is 0 Å². The third-order valence-corrected chi connectivity index (χ3v) is 9.52. The summed E-state index contributed by atoms with van der Waals surface area (Å²) in [5.74, 6) is -0.319. The molecule has 0 bridgehead atoms. The molecule has 1 aliphatic heterocycles. The van der Waals surface area contributed by atoms with Gasteiger partial charge in [-0.15, -0.1) is 0 Å². The van der Waals surface area contributed by atoms with Gasteiger partial charge in [0, 0.05) is 0 Å². The first-order valence-corrected chi connectivity index (χ1v) is 12.5. The van der Waals surface area contributed by atoms with Gasteiger partial charge in [0.2, 0.25) is 0 Å². The number of halogens is 1. The molecule has 3 aromatic rings. The summed E-state index contributed by atoms with van der Waals surface area (Å²) >= 11 is 0. The van der Waals surface area contributed by atoms with Crippen molar-refractivity contribution in [3.63, 3.8) is 0 Å². The fourth-order valence-electron chi connectivity index (χ4n) is 4.22. The van der Waals surface area contributed by atoms with Crippen LogP contribution in [0.5, 0.6) is 0 Å². The van der Waals surface area contributed by atoms with Gasteiger partial charge in [0.05, 0.1) is 0 Å². The quantitative estimate of drug-likeness (QED) is 0.643. The number of H-pyrrole nitrogens is 1. The molecule has 7 heteroatoms. The first kappa shape index (κ1) is 20.1. The van der Waals surface area contributed by atoms with Crippen molar-refractivity contribution in [1.82, 2.24) is 15.1 Å². The minimum absolute atomic E-state index is 0.220. The molecule has 1 aliphatic rings. The first-order valence-electron chi connectivity index (χ1n) is 10.1. The van der Waals surface area contributed by atoms with Crippen molar-refractivity contribution in [2.75, 3.05) is 25.4 Å². The van der Waals surface area contributed by atoms with E-state index in [9.17, 15) is 14.1 Å². The molecule has 0 saturated carbocycles. The molecule has 0 atom stereocenters. The number of hydrogen-bond acceptors (Lipinski definition) is 4. The van der Waals surface area contributed by atoms with Crippen molar-refractivity contribution in [1.29, 1.82) is 0 Å². The van der Waals surface area contributed by atoms with Crippen LogP contribution >= 0.6 is 7.49 Å². The van der Waals surface area contributed by atoms with Crippen LogP contribution in [0.25, 0.3) is 10.8 Å². The van der Waals surface area contributed by atoms with Crippen LogP contribution in [-0.4, -0.2) is 51.4 Å². The van der Waals surface area contributed by atoms with E-state index < -0.39 is 7.49 Å². The normalized spacial score (nSPS) is 18.2. The van der Waals surface area contributed by atoms with Gasteiger partial charge in [-0.1, -0.05) is 0 Å². The Morgan fingerprint density at radius 2 is 1.86 bits per heavy atom. The molecule has 154 valence electrons. The van der Waals surface area contributed by atoms with E-state index in [0.717, 1.165) is 29.7 Å². The molecule has 29 heavy (non-hydrogen) atoms. The van der Waals surface area contributed by atoms with Crippen molar-refractivity contribution in [2.45, 2.75) is 26.3 Å². The van der Waals surface area contributed by atoms with E-state index in [-0.39, 0.29) is 11.4 Å². The number of nitrogens with zero attached hydrogens (tertiary/aromatic N) is 2. The van der Waals surface area contributed by atoms with Gasteiger partial charge in [0.15, 0.2) is 0 Å². The Bertz CT molecular complexity index is 1090. The average molecular weight is 415 g/mol. The number of nitrogens with one attached hydrogen (secondary N) is 1. The third-order valence-electron chi connectivity index (χ3n) is 6.03. The summed E-state index contributed by atoms with van der Waals surface area (Å²) in [5, 5.41) is 8.65. The maximum atomic E-state index is 14.7. The number of rotatable bonds is 4. The van der Waals surface area contributed by atoms with Gasteiger partial charge in [-0.2, -0.15) is 0 Å². The van der Waals surface area contributed by atoms with Gasteiger partial charge in [0.25, 0.3) is 0 Å². The molecule has 2 N–H and O–H groups in total. The van der Waals surface area contributed by atoms with Crippen molar-refractivity contribution in [2.24, 2.45) is 0 Å². The van der Waals surface area contributed by atoms with Crippen LogP contribution in [0.2, 0.25) is 0 Å². The SMILES string of the molecule is CC(C)N1CC[PH](O)(c2cc(Cc3n[nH]c(=O)c4ccccc34)ccc2F)CC1. The van der Waals surface area contributed by atoms with Crippen LogP contribution < -0.4 is 10.9 Å². The van der Waals surface area contributed by atoms with E-state index in [1.807, 2.05) is 24.3 Å². The van der Waals surface area contributed by atoms with Crippen LogP contribution in [0.1, 0.15) is 25.1 Å². The minimum atomic E-state index is -2.85. The van der Waals surface area contributed by atoms with E-state index in [1.165, 1.54) is 6.07 Å². The Kier molecular flexibility index (Phi) is 5.52. The zero-order chi connectivity index (χ0) is 20.6. The molecular weight excluding hydrogens is 388 g/mol. The van der Waals surface area contributed by atoms with E-state index >= 15 is 0 Å². The molecule has 2 heterocycles. The zero-order valence-corrected chi connectivity index (χ0v) is 17.8. The fraction of sp³-hybridized carbons (Fsp3) is 0.364. The molecule has 0 spiro atoms. The molecule has 1 aromatic heterocycles. The zero-order valence-electron chi connectivity index (χ0n) is 16.8. The van der Waals surface area contributed by atoms with Gasteiger partial charge in [-0.25, -0.2) is 0 Å². The Balaban J connectivity index is 1.65. The molecule has 2 aromatic carbocycles. The van der Waals surface area contributed by atoms with E-state index in [2.05, 4.69) is 28.9 Å². The van der Waals surface area contributed by atoms with E-state index in [1.54, 1.807) is 12.1 Å². The predicted molar refractivity (Wildman–Crippen MR) is 118 cm³/mol. The van der Waals surface area contributed by atoms with Crippen LogP contribution in [0, 0.1) is 5.82 Å². The number of aromatic amines is 1. The molecule has 0 radical (unpaired) electrons. The van der Waals surface area contributed by atoms with Crippen LogP contribution in [-0.2, 0) is 6.42 Å². The van der Waals surface area contributed by atoms with Gasteiger partial charge in [0.1, 0.15) is 0 Å². The summed E-state index contributed by atoms with van der Waals surface area (Å²) < 4.78 is 14.7. The average Bonchev–Trinajstić information content (AvgIpc) is 2.72. The number of hydrogen-bond donors (Lipinski definition) is 2. The topological polar surface area (TPSA) is 69.2 Å². The molecule has 5 nitrogen and oxygen atoms in total. The van der Waals surface area contributed by atoms with Crippen molar-refractivity contribution in [3.05, 3.63) is 69.9 Å². The standard InChI is InChI=1S/C22H27FN3O2P/c1-15(2)26-9-11-29(28,12-10-26)21-14-16(7-8-19(21)23)13-20-17-5-3-4-6-18(17)22(27)25-24-20/h3-8,14-15,28-29H,9-13H2,1-2H3,(H,25,27). The summed E-state index contributed by atoms with van der Waals surface area (Å²) in [4.78, 5) is 25.7. The van der Waals surface area contributed by atoms with E-state index in [0.29, 0.717) is 35.5 Å². The van der Waals surface area contributed by atoms with Crippen LogP contribution in [0.4, 0.5) is 4.39 Å². The predicted octanol–water partition coefficient (Wildman–Crippen LogP) is 2.66. The second kappa shape index (κ2) is 7.94.